The number of para-hydroxylation sites is 2. The van der Waals surface area contributed by atoms with Gasteiger partial charge >= 0.3 is 0 Å². The van der Waals surface area contributed by atoms with Crippen LogP contribution in [-0.4, -0.2) is 4.57 Å². The van der Waals surface area contributed by atoms with Crippen molar-refractivity contribution in [3.05, 3.63) is 77.4 Å². The molecule has 4 aromatic rings. The fraction of sp³-hybridized carbons (Fsp3) is 0.182. The maximum Gasteiger partial charge on any atom is 0.0582 e. The first-order valence-electron chi connectivity index (χ1n) is 8.23. The van der Waals surface area contributed by atoms with Gasteiger partial charge in [0.05, 0.1) is 16.7 Å². The molecule has 0 fully saturated rings. The highest BCUT2D eigenvalue weighted by Crippen LogP contribution is 2.47. The number of nitrogens with zero attached hydrogens (tertiary/aromatic N) is 1. The molecule has 0 bridgehead atoms. The van der Waals surface area contributed by atoms with E-state index < -0.39 is 0 Å². The molecular formula is C22H19N. The SMILES string of the molecule is Cc1ccc2c(c1)c1cccc3c1n2-c1ccccc1C3(C)C. The molecule has 112 valence electrons. The van der Waals surface area contributed by atoms with Gasteiger partial charge in [0.25, 0.3) is 0 Å². The van der Waals surface area contributed by atoms with E-state index in [2.05, 4.69) is 86.0 Å². The predicted octanol–water partition coefficient (Wildman–Crippen LogP) is 5.73. The Balaban J connectivity index is 2.13. The average Bonchev–Trinajstić information content (AvgIpc) is 2.88. The summed E-state index contributed by atoms with van der Waals surface area (Å²) in [4.78, 5) is 0. The van der Waals surface area contributed by atoms with Gasteiger partial charge in [0, 0.05) is 16.2 Å². The zero-order valence-electron chi connectivity index (χ0n) is 13.7. The lowest BCUT2D eigenvalue weighted by atomic mass is 9.75. The Morgan fingerprint density at radius 1 is 0.783 bits per heavy atom. The summed E-state index contributed by atoms with van der Waals surface area (Å²) in [5.74, 6) is 0. The van der Waals surface area contributed by atoms with Crippen molar-refractivity contribution in [3.8, 4) is 5.69 Å². The maximum absolute atomic E-state index is 2.46. The molecule has 0 saturated carbocycles. The van der Waals surface area contributed by atoms with Crippen LogP contribution in [0.1, 0.15) is 30.5 Å². The van der Waals surface area contributed by atoms with Gasteiger partial charge in [0.2, 0.25) is 0 Å². The summed E-state index contributed by atoms with van der Waals surface area (Å²) in [6, 6.07) is 22.4. The number of hydrogen-bond donors (Lipinski definition) is 0. The van der Waals surface area contributed by atoms with Gasteiger partial charge in [-0.3, -0.25) is 0 Å². The summed E-state index contributed by atoms with van der Waals surface area (Å²) in [7, 11) is 0. The number of hydrogen-bond acceptors (Lipinski definition) is 0. The van der Waals surface area contributed by atoms with E-state index in [4.69, 9.17) is 0 Å². The topological polar surface area (TPSA) is 4.93 Å². The van der Waals surface area contributed by atoms with Crippen LogP contribution in [0.3, 0.4) is 0 Å². The van der Waals surface area contributed by atoms with Crippen LogP contribution in [0, 0.1) is 6.92 Å². The number of aryl methyl sites for hydroxylation is 1. The first-order valence-corrected chi connectivity index (χ1v) is 8.23. The van der Waals surface area contributed by atoms with Crippen molar-refractivity contribution in [2.45, 2.75) is 26.2 Å². The molecule has 1 aromatic heterocycles. The van der Waals surface area contributed by atoms with Crippen LogP contribution in [0.25, 0.3) is 27.5 Å². The zero-order valence-corrected chi connectivity index (χ0v) is 13.7. The lowest BCUT2D eigenvalue weighted by Crippen LogP contribution is -2.26. The number of aromatic nitrogens is 1. The van der Waals surface area contributed by atoms with Gasteiger partial charge < -0.3 is 4.57 Å². The smallest absolute Gasteiger partial charge is 0.0582 e. The van der Waals surface area contributed by atoms with Crippen LogP contribution < -0.4 is 0 Å². The Kier molecular flexibility index (Phi) is 2.28. The molecule has 1 aliphatic rings. The van der Waals surface area contributed by atoms with Gasteiger partial charge in [-0.1, -0.05) is 61.9 Å². The van der Waals surface area contributed by atoms with Crippen LogP contribution in [0.2, 0.25) is 0 Å². The van der Waals surface area contributed by atoms with Gasteiger partial charge in [-0.2, -0.15) is 0 Å². The van der Waals surface area contributed by atoms with Gasteiger partial charge in [0.1, 0.15) is 0 Å². The van der Waals surface area contributed by atoms with Crippen molar-refractivity contribution in [2.75, 3.05) is 0 Å². The molecule has 0 amide bonds. The Bertz CT molecular complexity index is 1100. The first-order chi connectivity index (χ1) is 11.1. The molecular weight excluding hydrogens is 278 g/mol. The highest BCUT2D eigenvalue weighted by molar-refractivity contribution is 6.11. The van der Waals surface area contributed by atoms with E-state index in [1.807, 2.05) is 0 Å². The van der Waals surface area contributed by atoms with E-state index in [9.17, 15) is 0 Å². The largest absolute Gasteiger partial charge is 0.309 e. The Labute approximate surface area is 136 Å². The van der Waals surface area contributed by atoms with Crippen molar-refractivity contribution in [3.63, 3.8) is 0 Å². The Morgan fingerprint density at radius 3 is 2.43 bits per heavy atom. The normalized spacial score (nSPS) is 15.1. The second-order valence-corrected chi connectivity index (χ2v) is 7.20. The third-order valence-corrected chi connectivity index (χ3v) is 5.43. The predicted molar refractivity (Wildman–Crippen MR) is 97.6 cm³/mol. The molecule has 1 heteroatoms. The van der Waals surface area contributed by atoms with Crippen molar-refractivity contribution in [1.29, 1.82) is 0 Å². The molecule has 2 heterocycles. The molecule has 0 aliphatic carbocycles. The zero-order chi connectivity index (χ0) is 15.8. The Morgan fingerprint density at radius 2 is 1.57 bits per heavy atom. The molecule has 0 atom stereocenters. The van der Waals surface area contributed by atoms with E-state index >= 15 is 0 Å². The molecule has 0 N–H and O–H groups in total. The number of benzene rings is 3. The highest BCUT2D eigenvalue weighted by Gasteiger charge is 2.34. The van der Waals surface area contributed by atoms with Crippen molar-refractivity contribution < 1.29 is 0 Å². The second kappa shape index (κ2) is 4.05. The van der Waals surface area contributed by atoms with E-state index in [1.54, 1.807) is 0 Å². The standard InChI is InChI=1S/C22H19N/c1-14-11-12-19-16(13-14)15-7-6-9-18-21(15)23(19)20-10-5-4-8-17(20)22(18,2)3/h4-13H,1-3H3. The summed E-state index contributed by atoms with van der Waals surface area (Å²) < 4.78 is 2.46. The summed E-state index contributed by atoms with van der Waals surface area (Å²) in [6.07, 6.45) is 0. The minimum Gasteiger partial charge on any atom is -0.309 e. The van der Waals surface area contributed by atoms with Crippen LogP contribution in [0.5, 0.6) is 0 Å². The second-order valence-electron chi connectivity index (χ2n) is 7.20. The first kappa shape index (κ1) is 13.0. The number of fused-ring (bicyclic) bond motifs is 5. The molecule has 0 spiro atoms. The average molecular weight is 297 g/mol. The summed E-state index contributed by atoms with van der Waals surface area (Å²) >= 11 is 0. The van der Waals surface area contributed by atoms with E-state index in [0.29, 0.717) is 0 Å². The molecule has 1 nitrogen and oxygen atoms in total. The summed E-state index contributed by atoms with van der Waals surface area (Å²) in [5.41, 5.74) is 8.16. The van der Waals surface area contributed by atoms with Crippen LogP contribution in [0.4, 0.5) is 0 Å². The maximum atomic E-state index is 2.46. The van der Waals surface area contributed by atoms with Gasteiger partial charge in [-0.15, -0.1) is 0 Å². The molecule has 0 unspecified atom stereocenters. The molecule has 3 aromatic carbocycles. The van der Waals surface area contributed by atoms with Gasteiger partial charge in [-0.25, -0.2) is 0 Å². The third kappa shape index (κ3) is 1.47. The summed E-state index contributed by atoms with van der Waals surface area (Å²) in [6.45, 7) is 6.85. The fourth-order valence-corrected chi connectivity index (χ4v) is 4.28. The van der Waals surface area contributed by atoms with Crippen molar-refractivity contribution in [1.82, 2.24) is 4.57 Å². The molecule has 0 saturated heterocycles. The number of rotatable bonds is 0. The molecule has 1 aliphatic heterocycles. The van der Waals surface area contributed by atoms with Gasteiger partial charge in [0.15, 0.2) is 0 Å². The monoisotopic (exact) mass is 297 g/mol. The lowest BCUT2D eigenvalue weighted by Gasteiger charge is -2.34. The van der Waals surface area contributed by atoms with Crippen molar-refractivity contribution >= 4 is 21.8 Å². The summed E-state index contributed by atoms with van der Waals surface area (Å²) in [5, 5.41) is 2.72. The van der Waals surface area contributed by atoms with Crippen molar-refractivity contribution in [2.24, 2.45) is 0 Å². The lowest BCUT2D eigenvalue weighted by molar-refractivity contribution is 0.630. The van der Waals surface area contributed by atoms with Crippen LogP contribution in [-0.2, 0) is 5.41 Å². The third-order valence-electron chi connectivity index (χ3n) is 5.43. The van der Waals surface area contributed by atoms with Gasteiger partial charge in [-0.05, 0) is 36.2 Å². The van der Waals surface area contributed by atoms with Crippen LogP contribution in [0.15, 0.2) is 60.7 Å². The highest BCUT2D eigenvalue weighted by atomic mass is 15.0. The minimum absolute atomic E-state index is 0.0233. The molecule has 5 rings (SSSR count). The fourth-order valence-electron chi connectivity index (χ4n) is 4.28. The Hall–Kier alpha value is -2.54. The van der Waals surface area contributed by atoms with E-state index in [0.717, 1.165) is 0 Å². The molecule has 23 heavy (non-hydrogen) atoms. The van der Waals surface area contributed by atoms with E-state index in [1.165, 1.54) is 44.2 Å². The van der Waals surface area contributed by atoms with Crippen LogP contribution >= 0.6 is 0 Å². The quantitative estimate of drug-likeness (QED) is 0.390. The van der Waals surface area contributed by atoms with E-state index in [-0.39, 0.29) is 5.41 Å². The molecule has 0 radical (unpaired) electrons. The minimum atomic E-state index is 0.0233.